The molecule has 0 saturated carbocycles. The van der Waals surface area contributed by atoms with E-state index in [4.69, 9.17) is 5.11 Å². The van der Waals surface area contributed by atoms with Gasteiger partial charge in [-0.05, 0) is 37.1 Å². The number of carboxylic acid groups (broad SMARTS) is 1. The molecule has 1 saturated heterocycles. The van der Waals surface area contributed by atoms with Crippen molar-refractivity contribution in [1.29, 1.82) is 0 Å². The van der Waals surface area contributed by atoms with E-state index in [2.05, 4.69) is 0 Å². The summed E-state index contributed by atoms with van der Waals surface area (Å²) in [5.41, 5.74) is 0.958. The molecule has 100 valence electrons. The van der Waals surface area contributed by atoms with E-state index in [-0.39, 0.29) is 18.2 Å². The van der Waals surface area contributed by atoms with Gasteiger partial charge in [0.15, 0.2) is 0 Å². The lowest BCUT2D eigenvalue weighted by Gasteiger charge is -2.32. The van der Waals surface area contributed by atoms with Gasteiger partial charge in [0.25, 0.3) is 0 Å². The Balaban J connectivity index is 0.00000162. The molecule has 1 N–H and O–H groups in total. The molecule has 0 radical (unpaired) electrons. The van der Waals surface area contributed by atoms with Gasteiger partial charge in [0, 0.05) is 6.54 Å². The van der Waals surface area contributed by atoms with E-state index in [1.807, 2.05) is 4.90 Å². The summed E-state index contributed by atoms with van der Waals surface area (Å²) in [6.45, 7) is 1.38. The topological polar surface area (TPSA) is 40.5 Å². The highest BCUT2D eigenvalue weighted by Gasteiger charge is 2.27. The number of carbonyl (C=O) groups is 1. The third kappa shape index (κ3) is 3.68. The largest absolute Gasteiger partial charge is 0.480 e. The molecule has 1 aromatic rings. The summed E-state index contributed by atoms with van der Waals surface area (Å²) in [5.74, 6) is -1.02. The van der Waals surface area contributed by atoms with E-state index < -0.39 is 12.0 Å². The molecule has 1 aromatic carbocycles. The van der Waals surface area contributed by atoms with Crippen molar-refractivity contribution in [2.75, 3.05) is 6.54 Å². The lowest BCUT2D eigenvalue weighted by Crippen LogP contribution is -2.43. The fourth-order valence-corrected chi connectivity index (χ4v) is 2.28. The van der Waals surface area contributed by atoms with Gasteiger partial charge in [0.05, 0.1) is 0 Å². The number of hydrogen-bond donors (Lipinski definition) is 1. The van der Waals surface area contributed by atoms with Crippen molar-refractivity contribution in [1.82, 2.24) is 4.90 Å². The van der Waals surface area contributed by atoms with Crippen LogP contribution in [-0.2, 0) is 11.3 Å². The number of rotatable bonds is 3. The summed E-state index contributed by atoms with van der Waals surface area (Å²) in [5, 5.41) is 9.13. The first kappa shape index (κ1) is 14.9. The van der Waals surface area contributed by atoms with Crippen LogP contribution in [0.2, 0.25) is 0 Å². The van der Waals surface area contributed by atoms with Gasteiger partial charge in [-0.25, -0.2) is 4.39 Å². The monoisotopic (exact) mass is 273 g/mol. The number of likely N-dealkylation sites (tertiary alicyclic amines) is 1. The lowest BCUT2D eigenvalue weighted by molar-refractivity contribution is -0.144. The van der Waals surface area contributed by atoms with Crippen LogP contribution in [0.25, 0.3) is 0 Å². The van der Waals surface area contributed by atoms with Gasteiger partial charge >= 0.3 is 5.97 Å². The fourth-order valence-electron chi connectivity index (χ4n) is 2.28. The molecule has 0 bridgehead atoms. The zero-order chi connectivity index (χ0) is 12.3. The highest BCUT2D eigenvalue weighted by atomic mass is 35.5. The van der Waals surface area contributed by atoms with Gasteiger partial charge in [-0.3, -0.25) is 9.69 Å². The van der Waals surface area contributed by atoms with Crippen LogP contribution in [0.1, 0.15) is 24.8 Å². The second-order valence-electron chi connectivity index (χ2n) is 4.45. The second-order valence-corrected chi connectivity index (χ2v) is 4.45. The summed E-state index contributed by atoms with van der Waals surface area (Å²) in [6.07, 6.45) is 2.71. The van der Waals surface area contributed by atoms with E-state index in [1.165, 1.54) is 12.1 Å². The minimum absolute atomic E-state index is 0. The maximum absolute atomic E-state index is 12.8. The van der Waals surface area contributed by atoms with E-state index >= 15 is 0 Å². The van der Waals surface area contributed by atoms with Crippen molar-refractivity contribution in [3.05, 3.63) is 35.6 Å². The van der Waals surface area contributed by atoms with Gasteiger partial charge in [0.2, 0.25) is 0 Å². The minimum atomic E-state index is -0.758. The van der Waals surface area contributed by atoms with Crippen molar-refractivity contribution in [2.24, 2.45) is 0 Å². The highest BCUT2D eigenvalue weighted by Crippen LogP contribution is 2.19. The van der Waals surface area contributed by atoms with Crippen molar-refractivity contribution in [2.45, 2.75) is 31.8 Å². The standard InChI is InChI=1S/C13H16FNO2.ClH/c14-11-6-4-10(5-7-11)9-15-8-2-1-3-12(15)13(16)17;/h4-7,12H,1-3,8-9H2,(H,16,17);1H. The molecule has 1 unspecified atom stereocenters. The highest BCUT2D eigenvalue weighted by molar-refractivity contribution is 5.85. The normalized spacial score (nSPS) is 20.2. The first-order valence-corrected chi connectivity index (χ1v) is 5.88. The van der Waals surface area contributed by atoms with Gasteiger partial charge in [-0.15, -0.1) is 12.4 Å². The van der Waals surface area contributed by atoms with E-state index in [1.54, 1.807) is 12.1 Å². The van der Waals surface area contributed by atoms with Crippen molar-refractivity contribution in [3.8, 4) is 0 Å². The predicted octanol–water partition coefficient (Wildman–Crippen LogP) is 2.69. The van der Waals surface area contributed by atoms with Crippen LogP contribution in [0.4, 0.5) is 4.39 Å². The van der Waals surface area contributed by atoms with Gasteiger partial charge in [-0.1, -0.05) is 18.6 Å². The smallest absolute Gasteiger partial charge is 0.320 e. The number of carboxylic acids is 1. The third-order valence-corrected chi connectivity index (χ3v) is 3.20. The maximum Gasteiger partial charge on any atom is 0.320 e. The number of benzene rings is 1. The van der Waals surface area contributed by atoms with Crippen molar-refractivity contribution < 1.29 is 14.3 Å². The molecule has 1 aliphatic rings. The van der Waals surface area contributed by atoms with Gasteiger partial charge < -0.3 is 5.11 Å². The van der Waals surface area contributed by atoms with Crippen LogP contribution in [0.15, 0.2) is 24.3 Å². The Hall–Kier alpha value is -1.13. The minimum Gasteiger partial charge on any atom is -0.480 e. The average Bonchev–Trinajstić information content (AvgIpc) is 2.32. The molecule has 0 aromatic heterocycles. The Morgan fingerprint density at radius 1 is 1.33 bits per heavy atom. The zero-order valence-corrected chi connectivity index (χ0v) is 10.8. The van der Waals surface area contributed by atoms with E-state index in [0.717, 1.165) is 24.9 Å². The Morgan fingerprint density at radius 3 is 2.61 bits per heavy atom. The molecule has 0 aliphatic carbocycles. The number of hydrogen-bond acceptors (Lipinski definition) is 2. The number of piperidine rings is 1. The summed E-state index contributed by atoms with van der Waals surface area (Å²) in [7, 11) is 0. The molecule has 3 nitrogen and oxygen atoms in total. The fraction of sp³-hybridized carbons (Fsp3) is 0.462. The molecule has 18 heavy (non-hydrogen) atoms. The first-order valence-electron chi connectivity index (χ1n) is 5.88. The first-order chi connectivity index (χ1) is 8.16. The molecule has 0 amide bonds. The molecule has 0 spiro atoms. The van der Waals surface area contributed by atoms with Crippen LogP contribution in [-0.4, -0.2) is 28.6 Å². The Kier molecular flexibility index (Phi) is 5.56. The quantitative estimate of drug-likeness (QED) is 0.920. The maximum atomic E-state index is 12.8. The summed E-state index contributed by atoms with van der Waals surface area (Å²) < 4.78 is 12.8. The Bertz CT molecular complexity index is 396. The predicted molar refractivity (Wildman–Crippen MR) is 69.3 cm³/mol. The van der Waals surface area contributed by atoms with E-state index in [0.29, 0.717) is 13.0 Å². The van der Waals surface area contributed by atoms with Crippen LogP contribution < -0.4 is 0 Å². The molecular weight excluding hydrogens is 257 g/mol. The molecule has 1 atom stereocenters. The van der Waals surface area contributed by atoms with Crippen LogP contribution in [0.5, 0.6) is 0 Å². The van der Waals surface area contributed by atoms with Crippen LogP contribution in [0, 0.1) is 5.82 Å². The molecule has 2 rings (SSSR count). The lowest BCUT2D eigenvalue weighted by atomic mass is 10.0. The second kappa shape index (κ2) is 6.71. The summed E-state index contributed by atoms with van der Waals surface area (Å²) in [6, 6.07) is 5.85. The summed E-state index contributed by atoms with van der Waals surface area (Å²) in [4.78, 5) is 13.1. The Morgan fingerprint density at radius 2 is 2.00 bits per heavy atom. The van der Waals surface area contributed by atoms with Gasteiger partial charge in [0.1, 0.15) is 11.9 Å². The number of halogens is 2. The van der Waals surface area contributed by atoms with E-state index in [9.17, 15) is 9.18 Å². The number of nitrogens with zero attached hydrogens (tertiary/aromatic N) is 1. The zero-order valence-electron chi connectivity index (χ0n) is 10.0. The average molecular weight is 274 g/mol. The molecule has 1 aliphatic heterocycles. The third-order valence-electron chi connectivity index (χ3n) is 3.20. The Labute approximate surface area is 112 Å². The molecule has 1 fully saturated rings. The SMILES string of the molecule is Cl.O=C(O)C1CCCCN1Cc1ccc(F)cc1. The van der Waals surface area contributed by atoms with Crippen LogP contribution in [0.3, 0.4) is 0 Å². The molecule has 1 heterocycles. The molecular formula is C13H17ClFNO2. The summed E-state index contributed by atoms with van der Waals surface area (Å²) >= 11 is 0. The van der Waals surface area contributed by atoms with Crippen LogP contribution >= 0.6 is 12.4 Å². The molecule has 5 heteroatoms. The van der Waals surface area contributed by atoms with Gasteiger partial charge in [-0.2, -0.15) is 0 Å². The van der Waals surface area contributed by atoms with Crippen molar-refractivity contribution in [3.63, 3.8) is 0 Å². The number of aliphatic carboxylic acids is 1. The van der Waals surface area contributed by atoms with Crippen molar-refractivity contribution >= 4 is 18.4 Å².